The minimum Gasteiger partial charge on any atom is -0.495 e. The van der Waals surface area contributed by atoms with Gasteiger partial charge in [-0.3, -0.25) is 0 Å². The van der Waals surface area contributed by atoms with E-state index >= 15 is 0 Å². The number of sulfonamides is 1. The third-order valence-corrected chi connectivity index (χ3v) is 5.61. The van der Waals surface area contributed by atoms with Gasteiger partial charge in [0.1, 0.15) is 10.6 Å². The van der Waals surface area contributed by atoms with Crippen LogP contribution in [0.2, 0.25) is 0 Å². The number of nitrogens with zero attached hydrogens (tertiary/aromatic N) is 2. The third kappa shape index (κ3) is 3.48. The highest BCUT2D eigenvalue weighted by Crippen LogP contribution is 2.29. The van der Waals surface area contributed by atoms with E-state index in [4.69, 9.17) is 10.5 Å². The third-order valence-electron chi connectivity index (χ3n) is 3.68. The first-order valence-electron chi connectivity index (χ1n) is 7.15. The van der Waals surface area contributed by atoms with E-state index in [1.165, 1.54) is 17.5 Å². The van der Waals surface area contributed by atoms with Crippen LogP contribution in [0.3, 0.4) is 0 Å². The Labute approximate surface area is 126 Å². The van der Waals surface area contributed by atoms with Gasteiger partial charge in [0.15, 0.2) is 0 Å². The molecule has 2 N–H and O–H groups in total. The molecule has 7 heteroatoms. The number of anilines is 1. The van der Waals surface area contributed by atoms with Gasteiger partial charge in [-0.05, 0) is 25.1 Å². The molecule has 1 aliphatic rings. The molecule has 1 aromatic rings. The Morgan fingerprint density at radius 1 is 1.24 bits per heavy atom. The van der Waals surface area contributed by atoms with Crippen molar-refractivity contribution in [2.45, 2.75) is 18.2 Å². The number of nitrogen functional groups attached to an aromatic ring is 1. The molecule has 0 radical (unpaired) electrons. The molecule has 0 aromatic heterocycles. The van der Waals surface area contributed by atoms with Crippen molar-refractivity contribution in [3.05, 3.63) is 18.2 Å². The van der Waals surface area contributed by atoms with Crippen molar-refractivity contribution < 1.29 is 13.2 Å². The molecule has 2 rings (SSSR count). The summed E-state index contributed by atoms with van der Waals surface area (Å²) in [7, 11) is -2.08. The zero-order chi connectivity index (χ0) is 15.5. The standard InChI is InChI=1S/C14H23N3O3S/c1-3-6-16-7-9-17(10-8-16)21(18,19)14-5-4-12(15)11-13(14)20-2/h4-5,11H,3,6-10,15H2,1-2H3. The predicted octanol–water partition coefficient (Wildman–Crippen LogP) is 0.994. The van der Waals surface area contributed by atoms with Crippen molar-refractivity contribution in [2.24, 2.45) is 0 Å². The van der Waals surface area contributed by atoms with Crippen LogP contribution in [0.15, 0.2) is 23.1 Å². The van der Waals surface area contributed by atoms with E-state index in [1.807, 2.05) is 0 Å². The lowest BCUT2D eigenvalue weighted by Gasteiger charge is -2.33. The van der Waals surface area contributed by atoms with Gasteiger partial charge in [-0.25, -0.2) is 8.42 Å². The normalized spacial score (nSPS) is 17.8. The molecule has 1 saturated heterocycles. The lowest BCUT2D eigenvalue weighted by Crippen LogP contribution is -2.48. The lowest BCUT2D eigenvalue weighted by atomic mass is 10.3. The van der Waals surface area contributed by atoms with E-state index < -0.39 is 10.0 Å². The number of nitrogens with two attached hydrogens (primary N) is 1. The van der Waals surface area contributed by atoms with Gasteiger partial charge in [0.05, 0.1) is 7.11 Å². The van der Waals surface area contributed by atoms with Crippen LogP contribution >= 0.6 is 0 Å². The molecule has 0 spiro atoms. The molecule has 0 unspecified atom stereocenters. The van der Waals surface area contributed by atoms with Crippen molar-refractivity contribution in [1.29, 1.82) is 0 Å². The summed E-state index contributed by atoms with van der Waals surface area (Å²) < 4.78 is 32.1. The highest BCUT2D eigenvalue weighted by Gasteiger charge is 2.30. The summed E-state index contributed by atoms with van der Waals surface area (Å²) in [4.78, 5) is 2.47. The molecular formula is C14H23N3O3S. The Morgan fingerprint density at radius 3 is 2.48 bits per heavy atom. The molecule has 1 heterocycles. The summed E-state index contributed by atoms with van der Waals surface area (Å²) in [6.07, 6.45) is 1.08. The summed E-state index contributed by atoms with van der Waals surface area (Å²) in [6, 6.07) is 4.64. The zero-order valence-electron chi connectivity index (χ0n) is 12.6. The first kappa shape index (κ1) is 16.1. The van der Waals surface area contributed by atoms with E-state index in [-0.39, 0.29) is 4.90 Å². The number of ether oxygens (including phenoxy) is 1. The van der Waals surface area contributed by atoms with Crippen LogP contribution < -0.4 is 10.5 Å². The summed E-state index contributed by atoms with van der Waals surface area (Å²) in [6.45, 7) is 5.70. The first-order chi connectivity index (χ1) is 9.98. The number of hydrogen-bond acceptors (Lipinski definition) is 5. The molecule has 0 bridgehead atoms. The average molecular weight is 313 g/mol. The van der Waals surface area contributed by atoms with Crippen LogP contribution in [0.4, 0.5) is 5.69 Å². The van der Waals surface area contributed by atoms with Crippen LogP contribution in [-0.2, 0) is 10.0 Å². The van der Waals surface area contributed by atoms with E-state index in [9.17, 15) is 8.42 Å². The van der Waals surface area contributed by atoms with E-state index in [2.05, 4.69) is 11.8 Å². The van der Waals surface area contributed by atoms with Crippen molar-refractivity contribution in [1.82, 2.24) is 9.21 Å². The van der Waals surface area contributed by atoms with Crippen molar-refractivity contribution >= 4 is 15.7 Å². The second-order valence-electron chi connectivity index (χ2n) is 5.16. The molecule has 6 nitrogen and oxygen atoms in total. The van der Waals surface area contributed by atoms with Gasteiger partial charge in [0.25, 0.3) is 0 Å². The number of hydrogen-bond donors (Lipinski definition) is 1. The predicted molar refractivity (Wildman–Crippen MR) is 82.9 cm³/mol. The van der Waals surface area contributed by atoms with Gasteiger partial charge in [0, 0.05) is 37.9 Å². The van der Waals surface area contributed by atoms with Crippen LogP contribution in [0, 0.1) is 0 Å². The molecule has 21 heavy (non-hydrogen) atoms. The maximum absolute atomic E-state index is 12.7. The lowest BCUT2D eigenvalue weighted by molar-refractivity contribution is 0.188. The smallest absolute Gasteiger partial charge is 0.246 e. The number of benzene rings is 1. The fourth-order valence-corrected chi connectivity index (χ4v) is 4.10. The fraction of sp³-hybridized carbons (Fsp3) is 0.571. The summed E-state index contributed by atoms with van der Waals surface area (Å²) in [5.41, 5.74) is 6.17. The Bertz CT molecular complexity index is 581. The molecule has 1 aliphatic heterocycles. The number of piperazine rings is 1. The minimum absolute atomic E-state index is 0.183. The van der Waals surface area contributed by atoms with Gasteiger partial charge in [-0.15, -0.1) is 0 Å². The number of rotatable bonds is 5. The molecule has 0 aliphatic carbocycles. The number of methoxy groups -OCH3 is 1. The Morgan fingerprint density at radius 2 is 1.90 bits per heavy atom. The molecule has 1 aromatic carbocycles. The fourth-order valence-electron chi connectivity index (χ4n) is 2.55. The first-order valence-corrected chi connectivity index (χ1v) is 8.59. The molecule has 118 valence electrons. The summed E-state index contributed by atoms with van der Waals surface area (Å²) in [5, 5.41) is 0. The van der Waals surface area contributed by atoms with E-state index in [0.29, 0.717) is 24.5 Å². The molecule has 0 amide bonds. The Balaban J connectivity index is 2.20. The van der Waals surface area contributed by atoms with Gasteiger partial charge >= 0.3 is 0 Å². The van der Waals surface area contributed by atoms with Gasteiger partial charge < -0.3 is 15.4 Å². The topological polar surface area (TPSA) is 75.9 Å². The molecule has 0 saturated carbocycles. The maximum atomic E-state index is 12.7. The maximum Gasteiger partial charge on any atom is 0.246 e. The Kier molecular flexibility index (Phi) is 5.08. The highest BCUT2D eigenvalue weighted by atomic mass is 32.2. The Hall–Kier alpha value is -1.31. The minimum atomic E-state index is -3.53. The van der Waals surface area contributed by atoms with Crippen LogP contribution in [0.1, 0.15) is 13.3 Å². The highest BCUT2D eigenvalue weighted by molar-refractivity contribution is 7.89. The largest absolute Gasteiger partial charge is 0.495 e. The van der Waals surface area contributed by atoms with E-state index in [0.717, 1.165) is 26.1 Å². The van der Waals surface area contributed by atoms with Crippen LogP contribution in [0.25, 0.3) is 0 Å². The zero-order valence-corrected chi connectivity index (χ0v) is 13.4. The van der Waals surface area contributed by atoms with Crippen molar-refractivity contribution in [2.75, 3.05) is 45.6 Å². The second kappa shape index (κ2) is 6.64. The second-order valence-corrected chi connectivity index (χ2v) is 7.06. The monoisotopic (exact) mass is 313 g/mol. The summed E-state index contributed by atoms with van der Waals surface area (Å²) in [5.74, 6) is 0.297. The SMILES string of the molecule is CCCN1CCN(S(=O)(=O)c2ccc(N)cc2OC)CC1. The van der Waals surface area contributed by atoms with E-state index in [1.54, 1.807) is 12.1 Å². The van der Waals surface area contributed by atoms with Gasteiger partial charge in [-0.1, -0.05) is 6.92 Å². The molecule has 1 fully saturated rings. The van der Waals surface area contributed by atoms with Gasteiger partial charge in [0.2, 0.25) is 10.0 Å². The quantitative estimate of drug-likeness (QED) is 0.821. The average Bonchev–Trinajstić information content (AvgIpc) is 2.47. The van der Waals surface area contributed by atoms with Crippen LogP contribution in [-0.4, -0.2) is 57.5 Å². The summed E-state index contributed by atoms with van der Waals surface area (Å²) >= 11 is 0. The van der Waals surface area contributed by atoms with Gasteiger partial charge in [-0.2, -0.15) is 4.31 Å². The van der Waals surface area contributed by atoms with Crippen molar-refractivity contribution in [3.63, 3.8) is 0 Å². The molecular weight excluding hydrogens is 290 g/mol. The van der Waals surface area contributed by atoms with Crippen LogP contribution in [0.5, 0.6) is 5.75 Å². The van der Waals surface area contributed by atoms with Crippen molar-refractivity contribution in [3.8, 4) is 5.75 Å². The molecule has 0 atom stereocenters.